The number of carbonyl (C=O) groups is 1. The molecule has 1 amide bonds. The van der Waals surface area contributed by atoms with E-state index < -0.39 is 0 Å². The molecule has 0 saturated carbocycles. The molecule has 0 aliphatic carbocycles. The number of fused-ring (bicyclic) bond motifs is 1. The van der Waals surface area contributed by atoms with Crippen LogP contribution in [0, 0.1) is 0 Å². The summed E-state index contributed by atoms with van der Waals surface area (Å²) in [6.07, 6.45) is 4.89. The number of hydrogen-bond acceptors (Lipinski definition) is 4. The van der Waals surface area contributed by atoms with Gasteiger partial charge in [0.1, 0.15) is 5.75 Å². The van der Waals surface area contributed by atoms with Gasteiger partial charge in [-0.1, -0.05) is 0 Å². The first-order valence-corrected chi connectivity index (χ1v) is 8.51. The van der Waals surface area contributed by atoms with Crippen LogP contribution in [0.25, 0.3) is 10.9 Å². The Bertz CT molecular complexity index is 951. The highest BCUT2D eigenvalue weighted by Gasteiger charge is 2.07. The lowest BCUT2D eigenvalue weighted by Crippen LogP contribution is -2.26. The van der Waals surface area contributed by atoms with Crippen molar-refractivity contribution in [3.8, 4) is 5.75 Å². The number of pyridine rings is 2. The Hall–Kier alpha value is -3.15. The van der Waals surface area contributed by atoms with Crippen LogP contribution in [0.3, 0.4) is 0 Å². The summed E-state index contributed by atoms with van der Waals surface area (Å²) >= 11 is 0. The molecular weight excluding hydrogens is 330 g/mol. The molecular formula is C20H21N3O3. The van der Waals surface area contributed by atoms with E-state index in [-0.39, 0.29) is 17.9 Å². The number of methoxy groups -OCH3 is 1. The van der Waals surface area contributed by atoms with E-state index in [4.69, 9.17) is 4.74 Å². The normalized spacial score (nSPS) is 10.7. The summed E-state index contributed by atoms with van der Waals surface area (Å²) in [5, 5.41) is 3.77. The first kappa shape index (κ1) is 17.7. The topological polar surface area (TPSA) is 84.1 Å². The van der Waals surface area contributed by atoms with Crippen LogP contribution in [0.1, 0.15) is 17.5 Å². The maximum Gasteiger partial charge on any atom is 0.251 e. The second-order valence-electron chi connectivity index (χ2n) is 6.03. The van der Waals surface area contributed by atoms with E-state index >= 15 is 0 Å². The van der Waals surface area contributed by atoms with Gasteiger partial charge in [-0.25, -0.2) is 0 Å². The van der Waals surface area contributed by atoms with E-state index in [0.717, 1.165) is 28.6 Å². The number of amides is 1. The minimum atomic E-state index is -0.160. The highest BCUT2D eigenvalue weighted by molar-refractivity contribution is 5.81. The van der Waals surface area contributed by atoms with Crippen molar-refractivity contribution >= 4 is 16.8 Å². The maximum absolute atomic E-state index is 12.2. The highest BCUT2D eigenvalue weighted by atomic mass is 16.5. The van der Waals surface area contributed by atoms with Crippen molar-refractivity contribution in [2.45, 2.75) is 19.3 Å². The summed E-state index contributed by atoms with van der Waals surface area (Å²) in [6, 6.07) is 11.1. The molecule has 2 N–H and O–H groups in total. The first-order chi connectivity index (χ1) is 12.7. The third-order valence-electron chi connectivity index (χ3n) is 4.23. The number of benzene rings is 1. The van der Waals surface area contributed by atoms with Crippen molar-refractivity contribution < 1.29 is 9.53 Å². The van der Waals surface area contributed by atoms with Crippen LogP contribution in [0.5, 0.6) is 5.75 Å². The van der Waals surface area contributed by atoms with E-state index in [1.165, 1.54) is 0 Å². The molecule has 3 aromatic rings. The summed E-state index contributed by atoms with van der Waals surface area (Å²) in [6.45, 7) is 0.564. The predicted octanol–water partition coefficient (Wildman–Crippen LogP) is 2.22. The molecule has 0 radical (unpaired) electrons. The Labute approximate surface area is 151 Å². The Morgan fingerprint density at radius 2 is 1.96 bits per heavy atom. The van der Waals surface area contributed by atoms with Gasteiger partial charge >= 0.3 is 0 Å². The standard InChI is InChI=1S/C20H21N3O3/c1-26-17-3-4-18-16(13-17)12-15(20(25)23-18)2-5-19(24)22-11-8-14-6-9-21-10-7-14/h3-4,6-7,9-10,12-13H,2,5,8,11H2,1H3,(H,22,24)(H,23,25). The number of rotatable bonds is 7. The number of aromatic amines is 1. The van der Waals surface area contributed by atoms with Crippen molar-refractivity contribution in [2.24, 2.45) is 0 Å². The molecule has 2 heterocycles. The Balaban J connectivity index is 1.57. The number of ether oxygens (including phenoxy) is 1. The molecule has 134 valence electrons. The molecule has 0 aliphatic heterocycles. The lowest BCUT2D eigenvalue weighted by atomic mass is 10.1. The smallest absolute Gasteiger partial charge is 0.251 e. The van der Waals surface area contributed by atoms with E-state index in [2.05, 4.69) is 15.3 Å². The predicted molar refractivity (Wildman–Crippen MR) is 100 cm³/mol. The van der Waals surface area contributed by atoms with E-state index in [1.54, 1.807) is 25.6 Å². The minimum Gasteiger partial charge on any atom is -0.497 e. The lowest BCUT2D eigenvalue weighted by Gasteiger charge is -2.07. The van der Waals surface area contributed by atoms with Gasteiger partial charge in [0, 0.05) is 41.8 Å². The van der Waals surface area contributed by atoms with Crippen LogP contribution >= 0.6 is 0 Å². The molecule has 0 aliphatic rings. The van der Waals surface area contributed by atoms with Gasteiger partial charge in [-0.2, -0.15) is 0 Å². The largest absolute Gasteiger partial charge is 0.497 e. The molecule has 26 heavy (non-hydrogen) atoms. The monoisotopic (exact) mass is 351 g/mol. The molecule has 6 heteroatoms. The number of carbonyl (C=O) groups excluding carboxylic acids is 1. The number of hydrogen-bond donors (Lipinski definition) is 2. The van der Waals surface area contributed by atoms with E-state index in [1.807, 2.05) is 30.3 Å². The van der Waals surface area contributed by atoms with Gasteiger partial charge in [-0.3, -0.25) is 14.6 Å². The fourth-order valence-electron chi connectivity index (χ4n) is 2.77. The molecule has 0 bridgehead atoms. The number of aryl methyl sites for hydroxylation is 1. The van der Waals surface area contributed by atoms with Crippen LogP contribution < -0.4 is 15.6 Å². The Kier molecular flexibility index (Phi) is 5.63. The molecule has 3 rings (SSSR count). The highest BCUT2D eigenvalue weighted by Crippen LogP contribution is 2.19. The van der Waals surface area contributed by atoms with Crippen LogP contribution in [0.15, 0.2) is 53.6 Å². The lowest BCUT2D eigenvalue weighted by molar-refractivity contribution is -0.121. The SMILES string of the molecule is COc1ccc2[nH]c(=O)c(CCC(=O)NCCc3ccncc3)cc2c1. The summed E-state index contributed by atoms with van der Waals surface area (Å²) in [5.74, 6) is 0.661. The zero-order valence-corrected chi connectivity index (χ0v) is 14.6. The average Bonchev–Trinajstić information content (AvgIpc) is 2.67. The molecule has 0 unspecified atom stereocenters. The van der Waals surface area contributed by atoms with Crippen LogP contribution in [-0.2, 0) is 17.6 Å². The molecule has 0 atom stereocenters. The number of aromatic nitrogens is 2. The summed E-state index contributed by atoms with van der Waals surface area (Å²) in [7, 11) is 1.60. The molecule has 0 saturated heterocycles. The average molecular weight is 351 g/mol. The molecule has 6 nitrogen and oxygen atoms in total. The molecule has 0 fully saturated rings. The fourth-order valence-corrected chi connectivity index (χ4v) is 2.77. The van der Waals surface area contributed by atoms with Crippen LogP contribution in [0.4, 0.5) is 0 Å². The third-order valence-corrected chi connectivity index (χ3v) is 4.23. The van der Waals surface area contributed by atoms with Gasteiger partial charge in [0.05, 0.1) is 7.11 Å². The Morgan fingerprint density at radius 1 is 1.15 bits per heavy atom. The van der Waals surface area contributed by atoms with Crippen LogP contribution in [-0.4, -0.2) is 29.5 Å². The number of H-pyrrole nitrogens is 1. The third kappa shape index (κ3) is 4.47. The van der Waals surface area contributed by atoms with Gasteiger partial charge in [-0.15, -0.1) is 0 Å². The van der Waals surface area contributed by atoms with Crippen molar-refractivity contribution in [3.63, 3.8) is 0 Å². The van der Waals surface area contributed by atoms with Gasteiger partial charge in [0.25, 0.3) is 5.56 Å². The molecule has 0 spiro atoms. The second-order valence-corrected chi connectivity index (χ2v) is 6.03. The quantitative estimate of drug-likeness (QED) is 0.684. The zero-order chi connectivity index (χ0) is 18.4. The van der Waals surface area contributed by atoms with Crippen molar-refractivity contribution in [2.75, 3.05) is 13.7 Å². The molecule has 2 aromatic heterocycles. The van der Waals surface area contributed by atoms with Gasteiger partial charge < -0.3 is 15.0 Å². The first-order valence-electron chi connectivity index (χ1n) is 8.51. The van der Waals surface area contributed by atoms with Gasteiger partial charge in [-0.05, 0) is 54.8 Å². The fraction of sp³-hybridized carbons (Fsp3) is 0.250. The van der Waals surface area contributed by atoms with Gasteiger partial charge in [0.15, 0.2) is 0 Å². The number of nitrogens with one attached hydrogen (secondary N) is 2. The summed E-state index contributed by atoms with van der Waals surface area (Å²) < 4.78 is 5.21. The maximum atomic E-state index is 12.2. The van der Waals surface area contributed by atoms with E-state index in [9.17, 15) is 9.59 Å². The van der Waals surface area contributed by atoms with Crippen molar-refractivity contribution in [1.29, 1.82) is 0 Å². The summed E-state index contributed by atoms with van der Waals surface area (Å²) in [4.78, 5) is 31.0. The minimum absolute atomic E-state index is 0.0656. The van der Waals surface area contributed by atoms with Crippen molar-refractivity contribution in [1.82, 2.24) is 15.3 Å². The van der Waals surface area contributed by atoms with Crippen LogP contribution in [0.2, 0.25) is 0 Å². The van der Waals surface area contributed by atoms with Crippen molar-refractivity contribution in [3.05, 3.63) is 70.3 Å². The summed E-state index contributed by atoms with van der Waals surface area (Å²) in [5.41, 5.74) is 2.31. The second kappa shape index (κ2) is 8.29. The van der Waals surface area contributed by atoms with E-state index in [0.29, 0.717) is 18.5 Å². The van der Waals surface area contributed by atoms with Gasteiger partial charge in [0.2, 0.25) is 5.91 Å². The molecule has 1 aromatic carbocycles. The zero-order valence-electron chi connectivity index (χ0n) is 14.6. The Morgan fingerprint density at radius 3 is 2.73 bits per heavy atom. The number of nitrogens with zero attached hydrogens (tertiary/aromatic N) is 1.